The molecule has 1 heterocycles. The second-order valence-corrected chi connectivity index (χ2v) is 11.8. The first-order valence-electron chi connectivity index (χ1n) is 7.24. The van der Waals surface area contributed by atoms with Crippen molar-refractivity contribution in [3.05, 3.63) is 0 Å². The Morgan fingerprint density at radius 1 is 1.25 bits per heavy atom. The number of likely N-dealkylation sites (N-methyl/N-ethyl adjacent to an activating group) is 1. The van der Waals surface area contributed by atoms with Crippen LogP contribution in [0.3, 0.4) is 0 Å². The van der Waals surface area contributed by atoms with Gasteiger partial charge >= 0.3 is 6.03 Å². The van der Waals surface area contributed by atoms with E-state index < -0.39 is 14.1 Å². The van der Waals surface area contributed by atoms with Crippen molar-refractivity contribution in [2.45, 2.75) is 38.7 Å². The Bertz CT molecular complexity index is 338. The van der Waals surface area contributed by atoms with Crippen LogP contribution in [-0.2, 0) is 9.53 Å². The third kappa shape index (κ3) is 5.92. The second-order valence-electron chi connectivity index (χ2n) is 6.26. The van der Waals surface area contributed by atoms with E-state index in [2.05, 4.69) is 30.3 Å². The molecule has 1 rings (SSSR count). The van der Waals surface area contributed by atoms with Crippen LogP contribution in [0.15, 0.2) is 0 Å². The van der Waals surface area contributed by atoms with Gasteiger partial charge in [-0.1, -0.05) is 19.6 Å². The number of amides is 3. The molecule has 1 aliphatic rings. The Labute approximate surface area is 122 Å². The number of carbonyl (C=O) groups is 2. The van der Waals surface area contributed by atoms with Crippen LogP contribution in [0, 0.1) is 0 Å². The molecule has 1 saturated heterocycles. The number of nitrogens with zero attached hydrogens (tertiary/aromatic N) is 1. The van der Waals surface area contributed by atoms with Crippen molar-refractivity contribution >= 4 is 20.0 Å². The normalized spacial score (nSPS) is 17.5. The largest absolute Gasteiger partial charge is 0.378 e. The lowest BCUT2D eigenvalue weighted by atomic mass is 10.3. The summed E-state index contributed by atoms with van der Waals surface area (Å²) in [5.41, 5.74) is 0. The smallest absolute Gasteiger partial charge is 0.318 e. The first kappa shape index (κ1) is 17.0. The number of urea groups is 1. The molecule has 116 valence electrons. The maximum atomic E-state index is 12.2. The quantitative estimate of drug-likeness (QED) is 0.740. The minimum Gasteiger partial charge on any atom is -0.378 e. The fourth-order valence-corrected chi connectivity index (χ4v) is 3.64. The average molecular weight is 301 g/mol. The van der Waals surface area contributed by atoms with Crippen molar-refractivity contribution < 1.29 is 14.3 Å². The van der Waals surface area contributed by atoms with Crippen molar-refractivity contribution in [3.8, 4) is 0 Å². The van der Waals surface area contributed by atoms with Crippen molar-refractivity contribution in [2.24, 2.45) is 0 Å². The van der Waals surface area contributed by atoms with E-state index in [0.717, 1.165) is 6.04 Å². The Kier molecular flexibility index (Phi) is 6.48. The van der Waals surface area contributed by atoms with E-state index in [1.54, 1.807) is 4.90 Å². The molecular weight excluding hydrogens is 274 g/mol. The summed E-state index contributed by atoms with van der Waals surface area (Å²) < 4.78 is 5.23. The van der Waals surface area contributed by atoms with Crippen LogP contribution in [0.2, 0.25) is 25.7 Å². The highest BCUT2D eigenvalue weighted by molar-refractivity contribution is 6.76. The Hall–Kier alpha value is -1.08. The van der Waals surface area contributed by atoms with E-state index in [-0.39, 0.29) is 11.9 Å². The molecule has 0 spiro atoms. The summed E-state index contributed by atoms with van der Waals surface area (Å²) in [6.45, 7) is 11.3. The fourth-order valence-electron chi connectivity index (χ4n) is 2.13. The van der Waals surface area contributed by atoms with Gasteiger partial charge in [0.2, 0.25) is 5.91 Å². The molecule has 1 atom stereocenters. The molecule has 0 radical (unpaired) electrons. The van der Waals surface area contributed by atoms with Crippen LogP contribution < -0.4 is 10.6 Å². The molecule has 20 heavy (non-hydrogen) atoms. The van der Waals surface area contributed by atoms with E-state index >= 15 is 0 Å². The molecule has 0 unspecified atom stereocenters. The predicted octanol–water partition coefficient (Wildman–Crippen LogP) is 0.871. The van der Waals surface area contributed by atoms with Crippen LogP contribution in [0.5, 0.6) is 0 Å². The lowest BCUT2D eigenvalue weighted by molar-refractivity contribution is -0.122. The monoisotopic (exact) mass is 301 g/mol. The summed E-state index contributed by atoms with van der Waals surface area (Å²) in [5, 5.41) is 5.68. The Morgan fingerprint density at radius 2 is 1.85 bits per heavy atom. The summed E-state index contributed by atoms with van der Waals surface area (Å²) in [6, 6.07) is 0.148. The standard InChI is InChI=1S/C13H27N3O3Si/c1-5-14-12(17)11(10-20(2,3)4)15-13(18)16-6-8-19-9-7-16/h11H,5-10H2,1-4H3,(H,14,17)(H,15,18)/t11-/m0/s1. The lowest BCUT2D eigenvalue weighted by Gasteiger charge is -2.30. The van der Waals surface area contributed by atoms with Gasteiger partial charge in [-0.25, -0.2) is 4.79 Å². The number of hydrogen-bond acceptors (Lipinski definition) is 3. The number of ether oxygens (including phenoxy) is 1. The summed E-state index contributed by atoms with van der Waals surface area (Å²) in [4.78, 5) is 26.0. The topological polar surface area (TPSA) is 70.7 Å². The number of hydrogen-bond donors (Lipinski definition) is 2. The zero-order valence-electron chi connectivity index (χ0n) is 13.0. The van der Waals surface area contributed by atoms with Gasteiger partial charge in [0.1, 0.15) is 6.04 Å². The SMILES string of the molecule is CCNC(=O)[C@H](C[Si](C)(C)C)NC(=O)N1CCOCC1. The molecule has 0 aromatic rings. The van der Waals surface area contributed by atoms with Crippen LogP contribution >= 0.6 is 0 Å². The van der Waals surface area contributed by atoms with Gasteiger partial charge in [0.25, 0.3) is 0 Å². The Morgan fingerprint density at radius 3 is 2.35 bits per heavy atom. The summed E-state index contributed by atoms with van der Waals surface area (Å²) in [5.74, 6) is -0.0865. The number of rotatable bonds is 5. The third-order valence-electron chi connectivity index (χ3n) is 3.08. The zero-order chi connectivity index (χ0) is 15.2. The molecule has 1 aliphatic heterocycles. The van der Waals surface area contributed by atoms with Crippen molar-refractivity contribution in [1.29, 1.82) is 0 Å². The molecule has 0 bridgehead atoms. The van der Waals surface area contributed by atoms with Crippen LogP contribution in [0.4, 0.5) is 4.79 Å². The highest BCUT2D eigenvalue weighted by Crippen LogP contribution is 2.12. The maximum absolute atomic E-state index is 12.2. The van der Waals surface area contributed by atoms with Gasteiger partial charge in [0, 0.05) is 27.7 Å². The first-order chi connectivity index (χ1) is 9.33. The third-order valence-corrected chi connectivity index (χ3v) is 4.71. The molecule has 0 aromatic carbocycles. The Balaban J connectivity index is 2.62. The number of morpholine rings is 1. The van der Waals surface area contributed by atoms with Gasteiger partial charge in [-0.3, -0.25) is 4.79 Å². The maximum Gasteiger partial charge on any atom is 0.318 e. The second kappa shape index (κ2) is 7.63. The molecule has 6 nitrogen and oxygen atoms in total. The predicted molar refractivity (Wildman–Crippen MR) is 81.5 cm³/mol. The van der Waals surface area contributed by atoms with Gasteiger partial charge < -0.3 is 20.3 Å². The van der Waals surface area contributed by atoms with E-state index in [1.165, 1.54) is 0 Å². The van der Waals surface area contributed by atoms with Crippen LogP contribution in [0.25, 0.3) is 0 Å². The molecule has 7 heteroatoms. The summed E-state index contributed by atoms with van der Waals surface area (Å²) >= 11 is 0. The average Bonchev–Trinajstić information content (AvgIpc) is 2.37. The van der Waals surface area contributed by atoms with Crippen LogP contribution in [0.1, 0.15) is 6.92 Å². The minimum atomic E-state index is -1.45. The van der Waals surface area contributed by atoms with E-state index in [9.17, 15) is 9.59 Å². The number of carbonyl (C=O) groups excluding carboxylic acids is 2. The van der Waals surface area contributed by atoms with Crippen molar-refractivity contribution in [3.63, 3.8) is 0 Å². The molecule has 1 fully saturated rings. The van der Waals surface area contributed by atoms with E-state index in [4.69, 9.17) is 4.74 Å². The summed E-state index contributed by atoms with van der Waals surface area (Å²) in [7, 11) is -1.45. The molecule has 3 amide bonds. The molecule has 2 N–H and O–H groups in total. The van der Waals surface area contributed by atoms with Crippen molar-refractivity contribution in [2.75, 3.05) is 32.8 Å². The van der Waals surface area contributed by atoms with Crippen LogP contribution in [-0.4, -0.2) is 63.8 Å². The highest BCUT2D eigenvalue weighted by Gasteiger charge is 2.29. The molecule has 0 aromatic heterocycles. The van der Waals surface area contributed by atoms with E-state index in [1.807, 2.05) is 6.92 Å². The summed E-state index contributed by atoms with van der Waals surface area (Å²) in [6.07, 6.45) is 0. The van der Waals surface area contributed by atoms with Crippen molar-refractivity contribution in [1.82, 2.24) is 15.5 Å². The van der Waals surface area contributed by atoms with Gasteiger partial charge in [-0.05, 0) is 13.0 Å². The fraction of sp³-hybridized carbons (Fsp3) is 0.846. The van der Waals surface area contributed by atoms with Gasteiger partial charge in [0.05, 0.1) is 13.2 Å². The lowest BCUT2D eigenvalue weighted by Crippen LogP contribution is -2.55. The van der Waals surface area contributed by atoms with Gasteiger partial charge in [0.15, 0.2) is 0 Å². The zero-order valence-corrected chi connectivity index (χ0v) is 14.0. The first-order valence-corrected chi connectivity index (χ1v) is 10.9. The highest BCUT2D eigenvalue weighted by atomic mass is 28.3. The molecule has 0 aliphatic carbocycles. The molecule has 0 saturated carbocycles. The van der Waals surface area contributed by atoms with Gasteiger partial charge in [-0.15, -0.1) is 0 Å². The molecular formula is C13H27N3O3Si. The number of nitrogens with one attached hydrogen (secondary N) is 2. The minimum absolute atomic E-state index is 0.0865. The van der Waals surface area contributed by atoms with E-state index in [0.29, 0.717) is 32.8 Å². The van der Waals surface area contributed by atoms with Gasteiger partial charge in [-0.2, -0.15) is 0 Å².